The number of carbonyl (C=O) groups excluding carboxylic acids is 1. The van der Waals surface area contributed by atoms with Crippen molar-refractivity contribution in [2.75, 3.05) is 0 Å². The Hall–Kier alpha value is -2.00. The number of thiophene rings is 1. The Bertz CT molecular complexity index is 814. The molecule has 0 saturated carbocycles. The zero-order valence-electron chi connectivity index (χ0n) is 12.7. The number of hydrogen-bond donors (Lipinski definition) is 0. The predicted molar refractivity (Wildman–Crippen MR) is 91.6 cm³/mol. The van der Waals surface area contributed by atoms with E-state index in [1.165, 1.54) is 4.88 Å². The second kappa shape index (κ2) is 5.03. The fourth-order valence-electron chi connectivity index (χ4n) is 3.74. The van der Waals surface area contributed by atoms with Gasteiger partial charge < -0.3 is 0 Å². The number of fused-ring (bicyclic) bond motifs is 2. The molecule has 4 rings (SSSR count). The van der Waals surface area contributed by atoms with Crippen molar-refractivity contribution in [3.63, 3.8) is 0 Å². The lowest BCUT2D eigenvalue weighted by molar-refractivity contribution is 0.102. The Morgan fingerprint density at radius 1 is 1.14 bits per heavy atom. The summed E-state index contributed by atoms with van der Waals surface area (Å²) < 4.78 is 0. The molecule has 1 aromatic carbocycles. The Kier molecular flexibility index (Phi) is 3.12. The van der Waals surface area contributed by atoms with Gasteiger partial charge in [0, 0.05) is 39.1 Å². The van der Waals surface area contributed by atoms with Gasteiger partial charge in [-0.05, 0) is 24.8 Å². The third-order valence-electron chi connectivity index (χ3n) is 4.75. The van der Waals surface area contributed by atoms with Crippen molar-refractivity contribution in [3.8, 4) is 0 Å². The number of rotatable bonds is 2. The molecule has 22 heavy (non-hydrogen) atoms. The highest BCUT2D eigenvalue weighted by molar-refractivity contribution is 7.10. The normalized spacial score (nSPS) is 23.4. The van der Waals surface area contributed by atoms with E-state index < -0.39 is 0 Å². The lowest BCUT2D eigenvalue weighted by atomic mass is 9.77. The van der Waals surface area contributed by atoms with Gasteiger partial charge in [-0.15, -0.1) is 11.3 Å². The highest BCUT2D eigenvalue weighted by atomic mass is 32.1. The largest absolute Gasteiger partial charge is 0.289 e. The van der Waals surface area contributed by atoms with E-state index in [2.05, 4.69) is 31.4 Å². The van der Waals surface area contributed by atoms with Gasteiger partial charge in [-0.1, -0.05) is 37.3 Å². The van der Waals surface area contributed by atoms with Gasteiger partial charge >= 0.3 is 0 Å². The minimum absolute atomic E-state index is 0.150. The first-order valence-corrected chi connectivity index (χ1v) is 8.57. The minimum Gasteiger partial charge on any atom is -0.289 e. The molecule has 2 aromatic rings. The fraction of sp³-hybridized carbons (Fsp3) is 0.263. The first kappa shape index (κ1) is 13.6. The number of allylic oxidation sites excluding steroid dienone is 1. The molecule has 2 aliphatic rings. The molecular formula is C19H17NOS. The van der Waals surface area contributed by atoms with E-state index in [0.717, 1.165) is 34.5 Å². The highest BCUT2D eigenvalue weighted by Crippen LogP contribution is 2.49. The van der Waals surface area contributed by atoms with Crippen molar-refractivity contribution < 1.29 is 4.79 Å². The number of aliphatic imine (C=N–C) groups is 1. The minimum atomic E-state index is 0.150. The molecule has 0 fully saturated rings. The average Bonchev–Trinajstić information content (AvgIpc) is 3.15. The highest BCUT2D eigenvalue weighted by Gasteiger charge is 2.42. The summed E-state index contributed by atoms with van der Waals surface area (Å²) in [7, 11) is 0. The van der Waals surface area contributed by atoms with Crippen molar-refractivity contribution in [3.05, 3.63) is 63.4 Å². The molecule has 0 amide bonds. The number of ketones is 1. The van der Waals surface area contributed by atoms with Crippen molar-refractivity contribution >= 4 is 28.5 Å². The first-order valence-electron chi connectivity index (χ1n) is 7.69. The van der Waals surface area contributed by atoms with E-state index in [1.54, 1.807) is 11.3 Å². The number of benzene rings is 1. The van der Waals surface area contributed by atoms with Crippen LogP contribution in [0, 0.1) is 5.92 Å². The molecule has 0 bridgehead atoms. The van der Waals surface area contributed by atoms with Crippen LogP contribution >= 0.6 is 11.3 Å². The Balaban J connectivity index is 1.96. The molecule has 3 heteroatoms. The smallest absolute Gasteiger partial charge is 0.192 e. The molecule has 0 N–H and O–H groups in total. The van der Waals surface area contributed by atoms with Gasteiger partial charge in [0.05, 0.1) is 5.70 Å². The van der Waals surface area contributed by atoms with Crippen LogP contribution < -0.4 is 0 Å². The van der Waals surface area contributed by atoms with Crippen LogP contribution in [0.15, 0.2) is 52.3 Å². The molecule has 110 valence electrons. The summed E-state index contributed by atoms with van der Waals surface area (Å²) in [5, 5.41) is 2.09. The molecule has 0 radical (unpaired) electrons. The van der Waals surface area contributed by atoms with E-state index >= 15 is 0 Å². The molecule has 1 aliphatic carbocycles. The topological polar surface area (TPSA) is 29.4 Å². The molecule has 0 spiro atoms. The molecule has 2 heterocycles. The molecule has 2 atom stereocenters. The van der Waals surface area contributed by atoms with Crippen molar-refractivity contribution in [1.29, 1.82) is 0 Å². The molecule has 1 aliphatic heterocycles. The van der Waals surface area contributed by atoms with Crippen molar-refractivity contribution in [2.24, 2.45) is 10.9 Å². The van der Waals surface area contributed by atoms with Crippen LogP contribution in [0.4, 0.5) is 0 Å². The molecule has 0 saturated heterocycles. The monoisotopic (exact) mass is 307 g/mol. The van der Waals surface area contributed by atoms with Gasteiger partial charge in [-0.3, -0.25) is 9.79 Å². The van der Waals surface area contributed by atoms with Gasteiger partial charge in [-0.2, -0.15) is 0 Å². The molecule has 2 unspecified atom stereocenters. The standard InChI is InChI=1S/C19H17NOS/c1-3-12-11(2)20-18-13-7-4-5-8-14(13)19(21)17(18)16(12)15-9-6-10-22-15/h4-10,12,16H,3H2,1-2H3. The number of nitrogens with zero attached hydrogens (tertiary/aromatic N) is 1. The second-order valence-corrected chi connectivity index (χ2v) is 6.88. The predicted octanol–water partition coefficient (Wildman–Crippen LogP) is 4.94. The van der Waals surface area contributed by atoms with Crippen LogP contribution in [-0.2, 0) is 0 Å². The van der Waals surface area contributed by atoms with Gasteiger partial charge in [0.2, 0.25) is 0 Å². The molecule has 1 aromatic heterocycles. The summed E-state index contributed by atoms with van der Waals surface area (Å²) in [6.45, 7) is 4.28. The lowest BCUT2D eigenvalue weighted by Crippen LogP contribution is -2.26. The number of Topliss-reactive ketones (excluding diaryl/α,β-unsaturated/α-hetero) is 1. The van der Waals surface area contributed by atoms with Crippen LogP contribution in [0.1, 0.15) is 47.0 Å². The summed E-state index contributed by atoms with van der Waals surface area (Å²) in [6, 6.07) is 12.1. The summed E-state index contributed by atoms with van der Waals surface area (Å²) >= 11 is 1.74. The third-order valence-corrected chi connectivity index (χ3v) is 5.71. The maximum absolute atomic E-state index is 13.0. The number of hydrogen-bond acceptors (Lipinski definition) is 3. The Labute approximate surface area is 134 Å². The van der Waals surface area contributed by atoms with E-state index in [4.69, 9.17) is 4.99 Å². The zero-order chi connectivity index (χ0) is 15.3. The van der Waals surface area contributed by atoms with Crippen LogP contribution in [-0.4, -0.2) is 11.5 Å². The van der Waals surface area contributed by atoms with Crippen LogP contribution in [0.5, 0.6) is 0 Å². The molecular weight excluding hydrogens is 290 g/mol. The van der Waals surface area contributed by atoms with E-state index in [1.807, 2.05) is 24.3 Å². The van der Waals surface area contributed by atoms with Crippen molar-refractivity contribution in [2.45, 2.75) is 26.2 Å². The van der Waals surface area contributed by atoms with Gasteiger partial charge in [0.25, 0.3) is 0 Å². The first-order chi connectivity index (χ1) is 10.7. The lowest BCUT2D eigenvalue weighted by Gasteiger charge is -2.30. The Morgan fingerprint density at radius 2 is 1.91 bits per heavy atom. The van der Waals surface area contributed by atoms with Gasteiger partial charge in [0.15, 0.2) is 5.78 Å². The SMILES string of the molecule is CCC1C(C)=NC2=C(C(=O)c3ccccc32)C1c1cccs1. The van der Waals surface area contributed by atoms with E-state index in [-0.39, 0.29) is 11.7 Å². The summed E-state index contributed by atoms with van der Waals surface area (Å²) in [5.74, 6) is 0.631. The van der Waals surface area contributed by atoms with Gasteiger partial charge in [-0.25, -0.2) is 0 Å². The fourth-order valence-corrected chi connectivity index (χ4v) is 4.64. The van der Waals surface area contributed by atoms with Crippen LogP contribution in [0.3, 0.4) is 0 Å². The maximum atomic E-state index is 13.0. The second-order valence-electron chi connectivity index (χ2n) is 5.90. The average molecular weight is 307 g/mol. The maximum Gasteiger partial charge on any atom is 0.192 e. The van der Waals surface area contributed by atoms with Gasteiger partial charge in [0.1, 0.15) is 0 Å². The zero-order valence-corrected chi connectivity index (χ0v) is 13.5. The van der Waals surface area contributed by atoms with Crippen LogP contribution in [0.25, 0.3) is 5.70 Å². The van der Waals surface area contributed by atoms with Crippen molar-refractivity contribution in [1.82, 2.24) is 0 Å². The number of carbonyl (C=O) groups is 1. The third kappa shape index (κ3) is 1.78. The van der Waals surface area contributed by atoms with E-state index in [0.29, 0.717) is 5.92 Å². The Morgan fingerprint density at radius 3 is 2.59 bits per heavy atom. The quantitative estimate of drug-likeness (QED) is 0.772. The summed E-state index contributed by atoms with van der Waals surface area (Å²) in [6.07, 6.45) is 0.998. The van der Waals surface area contributed by atoms with Crippen LogP contribution in [0.2, 0.25) is 0 Å². The summed E-state index contributed by atoms with van der Waals surface area (Å²) in [4.78, 5) is 19.1. The molecule has 2 nitrogen and oxygen atoms in total. The summed E-state index contributed by atoms with van der Waals surface area (Å²) in [5.41, 5.74) is 4.76. The van der Waals surface area contributed by atoms with E-state index in [9.17, 15) is 4.79 Å².